The molecule has 100 valence electrons. The lowest BCUT2D eigenvalue weighted by Gasteiger charge is -2.45. The molecule has 0 amide bonds. The van der Waals surface area contributed by atoms with Crippen LogP contribution < -0.4 is 5.73 Å². The highest BCUT2D eigenvalue weighted by Crippen LogP contribution is 2.36. The topological polar surface area (TPSA) is 42.2 Å². The monoisotopic (exact) mass is 247 g/mol. The Morgan fingerprint density at radius 3 is 2.94 bits per heavy atom. The van der Waals surface area contributed by atoms with E-state index in [-0.39, 0.29) is 11.5 Å². The average Bonchev–Trinajstić information content (AvgIpc) is 2.34. The molecule has 3 heteroatoms. The Bertz CT molecular complexity index is 375. The van der Waals surface area contributed by atoms with Crippen LogP contribution in [0.25, 0.3) is 0 Å². The minimum atomic E-state index is 0.256. The molecule has 0 saturated heterocycles. The van der Waals surface area contributed by atoms with Gasteiger partial charge >= 0.3 is 0 Å². The fourth-order valence-corrected chi connectivity index (χ4v) is 3.03. The van der Waals surface area contributed by atoms with Gasteiger partial charge in [-0.05, 0) is 36.9 Å². The van der Waals surface area contributed by atoms with Gasteiger partial charge in [-0.3, -0.25) is 9.88 Å². The van der Waals surface area contributed by atoms with E-state index in [2.05, 4.69) is 36.8 Å². The molecular weight excluding hydrogens is 222 g/mol. The third-order valence-electron chi connectivity index (χ3n) is 4.36. The van der Waals surface area contributed by atoms with Gasteiger partial charge in [-0.1, -0.05) is 26.3 Å². The fourth-order valence-electron chi connectivity index (χ4n) is 3.03. The maximum atomic E-state index is 6.45. The molecule has 1 aliphatic rings. The second-order valence-electron chi connectivity index (χ2n) is 6.25. The summed E-state index contributed by atoms with van der Waals surface area (Å²) in [6, 6.07) is 4.86. The van der Waals surface area contributed by atoms with Crippen molar-refractivity contribution < 1.29 is 0 Å². The van der Waals surface area contributed by atoms with E-state index in [1.54, 1.807) is 0 Å². The van der Waals surface area contributed by atoms with Crippen LogP contribution in [0.2, 0.25) is 0 Å². The number of nitrogens with two attached hydrogens (primary N) is 1. The Morgan fingerprint density at radius 1 is 1.50 bits per heavy atom. The van der Waals surface area contributed by atoms with Gasteiger partial charge in [0.25, 0.3) is 0 Å². The first kappa shape index (κ1) is 13.5. The van der Waals surface area contributed by atoms with Gasteiger partial charge in [0.15, 0.2) is 0 Å². The van der Waals surface area contributed by atoms with Gasteiger partial charge in [0.1, 0.15) is 0 Å². The van der Waals surface area contributed by atoms with E-state index in [0.717, 1.165) is 6.54 Å². The van der Waals surface area contributed by atoms with Gasteiger partial charge in [0.05, 0.1) is 0 Å². The van der Waals surface area contributed by atoms with E-state index in [4.69, 9.17) is 5.73 Å². The Balaban J connectivity index is 2.02. The summed E-state index contributed by atoms with van der Waals surface area (Å²) in [6.07, 6.45) is 7.49. The highest BCUT2D eigenvalue weighted by Gasteiger charge is 2.38. The van der Waals surface area contributed by atoms with Crippen molar-refractivity contribution in [3.63, 3.8) is 0 Å². The molecule has 1 aromatic heterocycles. The molecule has 1 aromatic rings. The molecule has 0 aliphatic heterocycles. The van der Waals surface area contributed by atoms with Crippen molar-refractivity contribution in [1.82, 2.24) is 9.88 Å². The lowest BCUT2D eigenvalue weighted by molar-refractivity contribution is 0.0804. The zero-order valence-corrected chi connectivity index (χ0v) is 11.8. The van der Waals surface area contributed by atoms with Crippen LogP contribution in [0.3, 0.4) is 0 Å². The Morgan fingerprint density at radius 2 is 2.28 bits per heavy atom. The van der Waals surface area contributed by atoms with Crippen molar-refractivity contribution in [2.75, 3.05) is 7.05 Å². The predicted molar refractivity (Wildman–Crippen MR) is 75.1 cm³/mol. The van der Waals surface area contributed by atoms with Crippen molar-refractivity contribution >= 4 is 0 Å². The Kier molecular flexibility index (Phi) is 4.03. The summed E-state index contributed by atoms with van der Waals surface area (Å²) >= 11 is 0. The maximum absolute atomic E-state index is 6.45. The fraction of sp³-hybridized carbons (Fsp3) is 0.667. The maximum Gasteiger partial charge on any atom is 0.0312 e. The first-order valence-electron chi connectivity index (χ1n) is 6.85. The van der Waals surface area contributed by atoms with Gasteiger partial charge in [0.2, 0.25) is 0 Å². The Hall–Kier alpha value is -0.930. The number of aromatic nitrogens is 1. The average molecular weight is 247 g/mol. The summed E-state index contributed by atoms with van der Waals surface area (Å²) < 4.78 is 0. The molecule has 2 N–H and O–H groups in total. The smallest absolute Gasteiger partial charge is 0.0312 e. The number of hydrogen-bond acceptors (Lipinski definition) is 3. The van der Waals surface area contributed by atoms with Gasteiger partial charge in [-0.15, -0.1) is 0 Å². The highest BCUT2D eigenvalue weighted by atomic mass is 15.1. The zero-order valence-electron chi connectivity index (χ0n) is 11.8. The summed E-state index contributed by atoms with van der Waals surface area (Å²) in [5, 5.41) is 0. The number of pyridine rings is 1. The molecule has 1 aliphatic carbocycles. The molecule has 2 rings (SSSR count). The standard InChI is InChI=1S/C15H25N3/c1-15(2)8-4-7-13(14(15)16)18(3)11-12-6-5-9-17-10-12/h5-6,9-10,13-14H,4,7-8,11,16H2,1-3H3. The van der Waals surface area contributed by atoms with Crippen molar-refractivity contribution in [3.8, 4) is 0 Å². The molecule has 1 heterocycles. The molecule has 18 heavy (non-hydrogen) atoms. The van der Waals surface area contributed by atoms with Crippen LogP contribution in [0.4, 0.5) is 0 Å². The minimum Gasteiger partial charge on any atom is -0.326 e. The van der Waals surface area contributed by atoms with Gasteiger partial charge in [-0.2, -0.15) is 0 Å². The quantitative estimate of drug-likeness (QED) is 0.892. The van der Waals surface area contributed by atoms with E-state index < -0.39 is 0 Å². The predicted octanol–water partition coefficient (Wildman–Crippen LogP) is 2.42. The second kappa shape index (κ2) is 5.37. The van der Waals surface area contributed by atoms with Crippen molar-refractivity contribution in [3.05, 3.63) is 30.1 Å². The van der Waals surface area contributed by atoms with Crippen LogP contribution in [0.1, 0.15) is 38.7 Å². The number of likely N-dealkylation sites (N-methyl/N-ethyl adjacent to an activating group) is 1. The molecule has 2 atom stereocenters. The largest absolute Gasteiger partial charge is 0.326 e. The molecule has 1 saturated carbocycles. The minimum absolute atomic E-state index is 0.256. The molecule has 3 nitrogen and oxygen atoms in total. The van der Waals surface area contributed by atoms with E-state index in [0.29, 0.717) is 6.04 Å². The summed E-state index contributed by atoms with van der Waals surface area (Å²) in [7, 11) is 2.18. The zero-order chi connectivity index (χ0) is 13.2. The molecule has 0 spiro atoms. The highest BCUT2D eigenvalue weighted by molar-refractivity contribution is 5.09. The van der Waals surface area contributed by atoms with E-state index >= 15 is 0 Å². The van der Waals surface area contributed by atoms with Crippen LogP contribution in [-0.2, 0) is 6.54 Å². The molecule has 0 bridgehead atoms. The van der Waals surface area contributed by atoms with E-state index in [9.17, 15) is 0 Å². The summed E-state index contributed by atoms with van der Waals surface area (Å²) in [6.45, 7) is 5.52. The van der Waals surface area contributed by atoms with Gasteiger partial charge in [0, 0.05) is 31.0 Å². The van der Waals surface area contributed by atoms with Crippen LogP contribution in [-0.4, -0.2) is 29.0 Å². The van der Waals surface area contributed by atoms with Gasteiger partial charge in [-0.25, -0.2) is 0 Å². The Labute approximate surface area is 110 Å². The molecule has 0 aromatic carbocycles. The second-order valence-corrected chi connectivity index (χ2v) is 6.25. The van der Waals surface area contributed by atoms with Crippen LogP contribution in [0.15, 0.2) is 24.5 Å². The van der Waals surface area contributed by atoms with Crippen molar-refractivity contribution in [2.24, 2.45) is 11.1 Å². The summed E-state index contributed by atoms with van der Waals surface area (Å²) in [5.41, 5.74) is 7.97. The first-order valence-corrected chi connectivity index (χ1v) is 6.85. The van der Waals surface area contributed by atoms with Crippen LogP contribution in [0, 0.1) is 5.41 Å². The number of nitrogens with zero attached hydrogens (tertiary/aromatic N) is 2. The normalized spacial score (nSPS) is 27.4. The van der Waals surface area contributed by atoms with Crippen LogP contribution >= 0.6 is 0 Å². The SMILES string of the molecule is CN(Cc1cccnc1)C1CCCC(C)(C)C1N. The summed E-state index contributed by atoms with van der Waals surface area (Å²) in [4.78, 5) is 6.56. The molecular formula is C15H25N3. The van der Waals surface area contributed by atoms with E-state index in [1.807, 2.05) is 18.5 Å². The molecule has 1 fully saturated rings. The molecule has 2 unspecified atom stereocenters. The third kappa shape index (κ3) is 2.90. The number of hydrogen-bond donors (Lipinski definition) is 1. The van der Waals surface area contributed by atoms with Gasteiger partial charge < -0.3 is 5.73 Å². The van der Waals surface area contributed by atoms with Crippen molar-refractivity contribution in [2.45, 2.75) is 51.7 Å². The lowest BCUT2D eigenvalue weighted by Crippen LogP contribution is -2.55. The summed E-state index contributed by atoms with van der Waals surface area (Å²) in [5.74, 6) is 0. The first-order chi connectivity index (χ1) is 8.50. The van der Waals surface area contributed by atoms with E-state index in [1.165, 1.54) is 24.8 Å². The third-order valence-corrected chi connectivity index (χ3v) is 4.36. The molecule has 0 radical (unpaired) electrons. The number of rotatable bonds is 3. The van der Waals surface area contributed by atoms with Crippen LogP contribution in [0.5, 0.6) is 0 Å². The van der Waals surface area contributed by atoms with Crippen molar-refractivity contribution in [1.29, 1.82) is 0 Å². The lowest BCUT2D eigenvalue weighted by atomic mass is 9.71.